The molecule has 1 aromatic heterocycles. The van der Waals surface area contributed by atoms with Crippen LogP contribution in [-0.4, -0.2) is 22.0 Å². The fraction of sp³-hybridized carbons (Fsp3) is 0.0357. The fourth-order valence-corrected chi connectivity index (χ4v) is 5.17. The van der Waals surface area contributed by atoms with Gasteiger partial charge in [0.25, 0.3) is 11.6 Å². The average Bonchev–Trinajstić information content (AvgIpc) is 3.33. The Labute approximate surface area is 225 Å². The Kier molecular flexibility index (Phi) is 7.16. The van der Waals surface area contributed by atoms with Gasteiger partial charge >= 0.3 is 0 Å². The zero-order chi connectivity index (χ0) is 25.8. The summed E-state index contributed by atoms with van der Waals surface area (Å²) in [6, 6.07) is 29.3. The minimum absolute atomic E-state index is 0.0163. The van der Waals surface area contributed by atoms with Gasteiger partial charge in [-0.1, -0.05) is 69.7 Å². The van der Waals surface area contributed by atoms with E-state index in [4.69, 9.17) is 0 Å². The molecule has 0 atom stereocenters. The zero-order valence-corrected chi connectivity index (χ0v) is 21.7. The lowest BCUT2D eigenvalue weighted by Crippen LogP contribution is -2.25. The van der Waals surface area contributed by atoms with Crippen molar-refractivity contribution in [2.45, 2.75) is 6.42 Å². The Bertz CT molecular complexity index is 1600. The van der Waals surface area contributed by atoms with E-state index >= 15 is 0 Å². The standard InChI is InChI=1S/C28H19BrN4O3S/c29-23-12-15-25-26(17-23)37-28(31-25)32(30-18-21-8-13-24(14-9-21)33(35)36)27(34)22-10-6-20(7-11-22)16-19-4-2-1-3-5-19/h1-15,17-18H,16H2/b30-18+. The lowest BCUT2D eigenvalue weighted by atomic mass is 10.0. The number of nitro benzene ring substituents is 1. The molecule has 0 saturated heterocycles. The number of fused-ring (bicyclic) bond motifs is 1. The molecule has 5 aromatic rings. The Morgan fingerprint density at radius 3 is 2.38 bits per heavy atom. The number of carbonyl (C=O) groups is 1. The quantitative estimate of drug-likeness (QED) is 0.117. The van der Waals surface area contributed by atoms with Crippen molar-refractivity contribution < 1.29 is 9.72 Å². The molecule has 0 aliphatic heterocycles. The van der Waals surface area contributed by atoms with Crippen LogP contribution in [0.5, 0.6) is 0 Å². The number of rotatable bonds is 7. The monoisotopic (exact) mass is 570 g/mol. The SMILES string of the molecule is O=C(c1ccc(Cc2ccccc2)cc1)N(/N=C/c1ccc([N+](=O)[O-])cc1)c1nc2ccc(Br)cc2s1. The van der Waals surface area contributed by atoms with Crippen molar-refractivity contribution in [1.82, 2.24) is 4.98 Å². The van der Waals surface area contributed by atoms with Crippen molar-refractivity contribution in [1.29, 1.82) is 0 Å². The number of thiazole rings is 1. The summed E-state index contributed by atoms with van der Waals surface area (Å²) in [6.07, 6.45) is 2.26. The van der Waals surface area contributed by atoms with E-state index in [-0.39, 0.29) is 11.6 Å². The van der Waals surface area contributed by atoms with Gasteiger partial charge in [-0.15, -0.1) is 0 Å². The predicted molar refractivity (Wildman–Crippen MR) is 151 cm³/mol. The first-order valence-electron chi connectivity index (χ1n) is 11.3. The number of hydrogen-bond donors (Lipinski definition) is 0. The zero-order valence-electron chi connectivity index (χ0n) is 19.3. The third-order valence-electron chi connectivity index (χ3n) is 5.59. The topological polar surface area (TPSA) is 88.7 Å². The molecular weight excluding hydrogens is 552 g/mol. The van der Waals surface area contributed by atoms with Gasteiger partial charge in [0, 0.05) is 22.2 Å². The van der Waals surface area contributed by atoms with E-state index in [1.54, 1.807) is 24.3 Å². The molecule has 9 heteroatoms. The minimum Gasteiger partial charge on any atom is -0.267 e. The third-order valence-corrected chi connectivity index (χ3v) is 7.08. The first-order valence-corrected chi connectivity index (χ1v) is 12.9. The third kappa shape index (κ3) is 5.79. The highest BCUT2D eigenvalue weighted by atomic mass is 79.9. The maximum atomic E-state index is 13.6. The molecule has 0 spiro atoms. The first kappa shape index (κ1) is 24.5. The Morgan fingerprint density at radius 2 is 1.68 bits per heavy atom. The van der Waals surface area contributed by atoms with Gasteiger partial charge in [0.05, 0.1) is 21.4 Å². The van der Waals surface area contributed by atoms with E-state index < -0.39 is 4.92 Å². The number of anilines is 1. The molecule has 0 unspecified atom stereocenters. The average molecular weight is 571 g/mol. The summed E-state index contributed by atoms with van der Waals surface area (Å²) in [6.45, 7) is 0. The van der Waals surface area contributed by atoms with Gasteiger partial charge < -0.3 is 0 Å². The number of halogens is 1. The van der Waals surface area contributed by atoms with Crippen LogP contribution in [0.15, 0.2) is 107 Å². The van der Waals surface area contributed by atoms with Crippen molar-refractivity contribution in [3.8, 4) is 0 Å². The van der Waals surface area contributed by atoms with Gasteiger partial charge in [0.2, 0.25) is 5.13 Å². The summed E-state index contributed by atoms with van der Waals surface area (Å²) in [5.74, 6) is -0.331. The normalized spacial score (nSPS) is 11.2. The molecule has 1 heterocycles. The number of amides is 1. The van der Waals surface area contributed by atoms with Crippen molar-refractivity contribution in [3.05, 3.63) is 134 Å². The number of benzene rings is 4. The molecule has 182 valence electrons. The second-order valence-electron chi connectivity index (χ2n) is 8.18. The minimum atomic E-state index is -0.461. The highest BCUT2D eigenvalue weighted by Crippen LogP contribution is 2.32. The number of aromatic nitrogens is 1. The highest BCUT2D eigenvalue weighted by Gasteiger charge is 2.21. The van der Waals surface area contributed by atoms with Crippen LogP contribution in [0.3, 0.4) is 0 Å². The van der Waals surface area contributed by atoms with Gasteiger partial charge in [-0.05, 0) is 65.6 Å². The van der Waals surface area contributed by atoms with Gasteiger partial charge in [-0.25, -0.2) is 4.98 Å². The molecule has 0 bridgehead atoms. The molecule has 7 nitrogen and oxygen atoms in total. The molecule has 0 aliphatic carbocycles. The van der Waals surface area contributed by atoms with Crippen LogP contribution in [0.1, 0.15) is 27.0 Å². The summed E-state index contributed by atoms with van der Waals surface area (Å²) in [5.41, 5.74) is 4.11. The molecule has 0 N–H and O–H groups in total. The smallest absolute Gasteiger partial charge is 0.267 e. The van der Waals surface area contributed by atoms with E-state index in [1.807, 2.05) is 48.5 Å². The number of nitro groups is 1. The predicted octanol–water partition coefficient (Wildman–Crippen LogP) is 7.24. The van der Waals surface area contributed by atoms with Crippen molar-refractivity contribution >= 4 is 60.4 Å². The van der Waals surface area contributed by atoms with Crippen LogP contribution in [0, 0.1) is 10.1 Å². The maximum Gasteiger partial charge on any atom is 0.280 e. The molecule has 0 saturated carbocycles. The lowest BCUT2D eigenvalue weighted by Gasteiger charge is -2.14. The van der Waals surface area contributed by atoms with Crippen LogP contribution in [0.4, 0.5) is 10.8 Å². The van der Waals surface area contributed by atoms with E-state index in [0.29, 0.717) is 16.3 Å². The highest BCUT2D eigenvalue weighted by molar-refractivity contribution is 9.10. The Balaban J connectivity index is 1.45. The molecule has 4 aromatic carbocycles. The van der Waals surface area contributed by atoms with Gasteiger partial charge in [0.15, 0.2) is 0 Å². The van der Waals surface area contributed by atoms with Crippen LogP contribution in [0.2, 0.25) is 0 Å². The largest absolute Gasteiger partial charge is 0.280 e. The molecule has 5 rings (SSSR count). The number of nitrogens with zero attached hydrogens (tertiary/aromatic N) is 4. The maximum absolute atomic E-state index is 13.6. The molecule has 37 heavy (non-hydrogen) atoms. The van der Waals surface area contributed by atoms with Crippen LogP contribution in [-0.2, 0) is 6.42 Å². The molecule has 0 aliphatic rings. The lowest BCUT2D eigenvalue weighted by molar-refractivity contribution is -0.384. The van der Waals surface area contributed by atoms with E-state index in [9.17, 15) is 14.9 Å². The van der Waals surface area contributed by atoms with E-state index in [0.717, 1.165) is 26.7 Å². The summed E-state index contributed by atoms with van der Waals surface area (Å²) >= 11 is 4.82. The van der Waals surface area contributed by atoms with Crippen molar-refractivity contribution in [2.75, 3.05) is 5.01 Å². The van der Waals surface area contributed by atoms with Crippen LogP contribution in [0.25, 0.3) is 10.2 Å². The Hall–Kier alpha value is -4.21. The fourth-order valence-electron chi connectivity index (χ4n) is 3.69. The number of non-ortho nitro benzene ring substituents is 1. The number of hydrogen-bond acceptors (Lipinski definition) is 6. The summed E-state index contributed by atoms with van der Waals surface area (Å²) in [7, 11) is 0. The van der Waals surface area contributed by atoms with Crippen LogP contribution < -0.4 is 5.01 Å². The summed E-state index contributed by atoms with van der Waals surface area (Å²) in [4.78, 5) is 28.7. The summed E-state index contributed by atoms with van der Waals surface area (Å²) in [5, 5.41) is 17.1. The second kappa shape index (κ2) is 10.8. The molecule has 0 fully saturated rings. The van der Waals surface area contributed by atoms with Crippen LogP contribution >= 0.6 is 27.3 Å². The number of carbonyl (C=O) groups excluding carboxylic acids is 1. The van der Waals surface area contributed by atoms with Crippen molar-refractivity contribution in [2.24, 2.45) is 5.10 Å². The van der Waals surface area contributed by atoms with Gasteiger partial charge in [0.1, 0.15) is 0 Å². The Morgan fingerprint density at radius 1 is 0.973 bits per heavy atom. The summed E-state index contributed by atoms with van der Waals surface area (Å²) < 4.78 is 1.82. The second-order valence-corrected chi connectivity index (χ2v) is 10.1. The molecular formula is C28H19BrN4O3S. The molecule has 1 amide bonds. The van der Waals surface area contributed by atoms with E-state index in [2.05, 4.69) is 38.1 Å². The molecule has 0 radical (unpaired) electrons. The van der Waals surface area contributed by atoms with Crippen molar-refractivity contribution in [3.63, 3.8) is 0 Å². The first-order chi connectivity index (χ1) is 18.0. The number of hydrazone groups is 1. The van der Waals surface area contributed by atoms with E-state index in [1.165, 1.54) is 40.3 Å². The van der Waals surface area contributed by atoms with Gasteiger partial charge in [-0.2, -0.15) is 10.1 Å². The van der Waals surface area contributed by atoms with Gasteiger partial charge in [-0.3, -0.25) is 14.9 Å².